The molecule has 3 aromatic rings. The van der Waals surface area contributed by atoms with E-state index in [9.17, 15) is 14.9 Å². The summed E-state index contributed by atoms with van der Waals surface area (Å²) in [4.78, 5) is 30.3. The highest BCUT2D eigenvalue weighted by Crippen LogP contribution is 2.39. The van der Waals surface area contributed by atoms with E-state index in [0.29, 0.717) is 16.1 Å². The van der Waals surface area contributed by atoms with Crippen molar-refractivity contribution in [1.29, 1.82) is 0 Å². The number of carbonyl (C=O) groups excluding carboxylic acids is 1. The summed E-state index contributed by atoms with van der Waals surface area (Å²) in [5.41, 5.74) is 5.18. The van der Waals surface area contributed by atoms with Crippen LogP contribution in [0.4, 0.5) is 16.4 Å². The highest BCUT2D eigenvalue weighted by atomic mass is 32.1. The van der Waals surface area contributed by atoms with Crippen LogP contribution in [0.25, 0.3) is 0 Å². The molecule has 0 unspecified atom stereocenters. The summed E-state index contributed by atoms with van der Waals surface area (Å²) >= 11 is 1.55. The number of carbonyl (C=O) groups is 1. The van der Waals surface area contributed by atoms with E-state index in [-0.39, 0.29) is 17.3 Å². The number of fused-ring (bicyclic) bond motifs is 1. The number of aryl methyl sites for hydroxylation is 3. The zero-order chi connectivity index (χ0) is 24.9. The number of amides is 1. The second-order valence-corrected chi connectivity index (χ2v) is 9.88. The van der Waals surface area contributed by atoms with Crippen molar-refractivity contribution >= 4 is 39.8 Å². The third-order valence-corrected chi connectivity index (χ3v) is 7.57. The molecule has 182 valence electrons. The molecule has 1 aliphatic rings. The molecular formula is C27H29N3O4S. The maximum absolute atomic E-state index is 13.5. The van der Waals surface area contributed by atoms with Crippen LogP contribution in [-0.2, 0) is 12.8 Å². The van der Waals surface area contributed by atoms with E-state index in [1.807, 2.05) is 32.0 Å². The number of aliphatic imine (C=N–C) groups is 1. The van der Waals surface area contributed by atoms with E-state index < -0.39 is 4.92 Å². The summed E-state index contributed by atoms with van der Waals surface area (Å²) in [7, 11) is 1.40. The molecular weight excluding hydrogens is 462 g/mol. The van der Waals surface area contributed by atoms with E-state index in [2.05, 4.69) is 10.3 Å². The van der Waals surface area contributed by atoms with Crippen LogP contribution in [0, 0.1) is 24.0 Å². The second-order valence-electron chi connectivity index (χ2n) is 8.80. The van der Waals surface area contributed by atoms with E-state index >= 15 is 0 Å². The Labute approximate surface area is 209 Å². The Morgan fingerprint density at radius 1 is 1.09 bits per heavy atom. The Morgan fingerprint density at radius 3 is 2.57 bits per heavy atom. The van der Waals surface area contributed by atoms with Crippen molar-refractivity contribution in [2.24, 2.45) is 4.99 Å². The highest BCUT2D eigenvalue weighted by Gasteiger charge is 2.24. The molecule has 0 atom stereocenters. The lowest BCUT2D eigenvalue weighted by Gasteiger charge is -2.12. The Morgan fingerprint density at radius 2 is 1.86 bits per heavy atom. The van der Waals surface area contributed by atoms with Gasteiger partial charge in [0, 0.05) is 22.8 Å². The number of nitro benzene ring substituents is 1. The standard InChI is InChI=1S/C27H29N3O4S/c1-17-10-12-20(14-18(17)2)29-26(31)25-21-8-6-4-5-7-9-24(21)35-27(25)28-16-19-11-13-23(34-3)22(15-19)30(32)33/h10-16H,4-9H2,1-3H3,(H,29,31). The minimum atomic E-state index is -0.477. The molecule has 0 bridgehead atoms. The van der Waals surface area contributed by atoms with Gasteiger partial charge in [0.1, 0.15) is 5.00 Å². The van der Waals surface area contributed by atoms with Gasteiger partial charge in [0.2, 0.25) is 0 Å². The molecule has 0 spiro atoms. The highest BCUT2D eigenvalue weighted by molar-refractivity contribution is 7.16. The normalized spacial score (nSPS) is 13.7. The van der Waals surface area contributed by atoms with E-state index in [1.54, 1.807) is 29.7 Å². The summed E-state index contributed by atoms with van der Waals surface area (Å²) in [6.45, 7) is 4.06. The van der Waals surface area contributed by atoms with Gasteiger partial charge in [0.15, 0.2) is 5.75 Å². The molecule has 1 aliphatic carbocycles. The van der Waals surface area contributed by atoms with Gasteiger partial charge in [-0.05, 0) is 86.1 Å². The lowest BCUT2D eigenvalue weighted by molar-refractivity contribution is -0.385. The van der Waals surface area contributed by atoms with Crippen molar-refractivity contribution in [2.45, 2.75) is 52.4 Å². The molecule has 1 amide bonds. The minimum absolute atomic E-state index is 0.123. The van der Waals surface area contributed by atoms with Crippen LogP contribution in [-0.4, -0.2) is 24.2 Å². The van der Waals surface area contributed by atoms with Crippen molar-refractivity contribution < 1.29 is 14.5 Å². The van der Waals surface area contributed by atoms with Crippen LogP contribution in [0.2, 0.25) is 0 Å². The van der Waals surface area contributed by atoms with Crippen LogP contribution < -0.4 is 10.1 Å². The molecule has 0 saturated carbocycles. The van der Waals surface area contributed by atoms with Crippen LogP contribution in [0.1, 0.15) is 63.2 Å². The largest absolute Gasteiger partial charge is 0.490 e. The Hall–Kier alpha value is -3.52. The minimum Gasteiger partial charge on any atom is -0.490 e. The lowest BCUT2D eigenvalue weighted by atomic mass is 9.96. The van der Waals surface area contributed by atoms with Crippen LogP contribution >= 0.6 is 11.3 Å². The maximum Gasteiger partial charge on any atom is 0.311 e. The van der Waals surface area contributed by atoms with E-state index in [1.165, 1.54) is 30.0 Å². The van der Waals surface area contributed by atoms with E-state index in [0.717, 1.165) is 48.9 Å². The molecule has 35 heavy (non-hydrogen) atoms. The van der Waals surface area contributed by atoms with Crippen molar-refractivity contribution in [2.75, 3.05) is 12.4 Å². The number of nitrogens with one attached hydrogen (secondary N) is 1. The number of methoxy groups -OCH3 is 1. The smallest absolute Gasteiger partial charge is 0.311 e. The number of benzene rings is 2. The van der Waals surface area contributed by atoms with Gasteiger partial charge in [0.25, 0.3) is 5.91 Å². The van der Waals surface area contributed by atoms with Crippen LogP contribution in [0.15, 0.2) is 41.4 Å². The van der Waals surface area contributed by atoms with Crippen LogP contribution in [0.3, 0.4) is 0 Å². The monoisotopic (exact) mass is 491 g/mol. The van der Waals surface area contributed by atoms with Gasteiger partial charge in [-0.2, -0.15) is 0 Å². The molecule has 0 aliphatic heterocycles. The van der Waals surface area contributed by atoms with Gasteiger partial charge >= 0.3 is 5.69 Å². The first-order valence-corrected chi connectivity index (χ1v) is 12.6. The number of anilines is 1. The zero-order valence-electron chi connectivity index (χ0n) is 20.2. The number of nitro groups is 1. The average Bonchev–Trinajstić information content (AvgIpc) is 3.16. The molecule has 0 fully saturated rings. The summed E-state index contributed by atoms with van der Waals surface area (Å²) in [5.74, 6) is 0.0267. The topological polar surface area (TPSA) is 93.8 Å². The maximum atomic E-state index is 13.5. The number of nitrogens with zero attached hydrogens (tertiary/aromatic N) is 2. The zero-order valence-corrected chi connectivity index (χ0v) is 21.0. The van der Waals surface area contributed by atoms with Crippen molar-refractivity contribution in [3.8, 4) is 5.75 Å². The quantitative estimate of drug-likeness (QED) is 0.229. The predicted molar refractivity (Wildman–Crippen MR) is 141 cm³/mol. The van der Waals surface area contributed by atoms with Crippen molar-refractivity contribution in [1.82, 2.24) is 0 Å². The summed E-state index contributed by atoms with van der Waals surface area (Å²) in [5, 5.41) is 15.1. The molecule has 1 aromatic heterocycles. The molecule has 0 saturated heterocycles. The lowest BCUT2D eigenvalue weighted by Crippen LogP contribution is -2.14. The SMILES string of the molecule is COc1ccc(C=Nc2sc3c(c2C(=O)Nc2ccc(C)c(C)c2)CCCCCC3)cc1[N+](=O)[O-]. The Kier molecular flexibility index (Phi) is 7.60. The predicted octanol–water partition coefficient (Wildman–Crippen LogP) is 6.94. The molecule has 8 heteroatoms. The Bertz CT molecular complexity index is 1300. The fourth-order valence-electron chi connectivity index (χ4n) is 4.31. The van der Waals surface area contributed by atoms with Crippen molar-refractivity contribution in [3.05, 3.63) is 79.2 Å². The van der Waals surface area contributed by atoms with Gasteiger partial charge in [-0.1, -0.05) is 18.9 Å². The fraction of sp³-hybridized carbons (Fsp3) is 0.333. The van der Waals surface area contributed by atoms with Gasteiger partial charge in [-0.15, -0.1) is 11.3 Å². The first-order chi connectivity index (χ1) is 16.9. The van der Waals surface area contributed by atoms with Gasteiger partial charge in [-0.25, -0.2) is 4.99 Å². The number of hydrogen-bond donors (Lipinski definition) is 1. The second kappa shape index (κ2) is 10.8. The molecule has 1 heterocycles. The number of rotatable bonds is 6. The summed E-state index contributed by atoms with van der Waals surface area (Å²) < 4.78 is 5.09. The summed E-state index contributed by atoms with van der Waals surface area (Å²) in [6, 6.07) is 10.6. The van der Waals surface area contributed by atoms with E-state index in [4.69, 9.17) is 4.74 Å². The number of thiophene rings is 1. The average molecular weight is 492 g/mol. The molecule has 4 rings (SSSR count). The number of ether oxygens (including phenoxy) is 1. The van der Waals surface area contributed by atoms with Gasteiger partial charge < -0.3 is 10.1 Å². The van der Waals surface area contributed by atoms with Crippen molar-refractivity contribution in [3.63, 3.8) is 0 Å². The molecule has 7 nitrogen and oxygen atoms in total. The molecule has 2 aromatic carbocycles. The number of hydrogen-bond acceptors (Lipinski definition) is 6. The molecule has 0 radical (unpaired) electrons. The van der Waals surface area contributed by atoms with Crippen LogP contribution in [0.5, 0.6) is 5.75 Å². The summed E-state index contributed by atoms with van der Waals surface area (Å²) in [6.07, 6.45) is 7.86. The first kappa shape index (κ1) is 24.6. The third kappa shape index (κ3) is 5.59. The third-order valence-electron chi connectivity index (χ3n) is 6.38. The Balaban J connectivity index is 1.71. The first-order valence-electron chi connectivity index (χ1n) is 11.8. The fourth-order valence-corrected chi connectivity index (χ4v) is 5.54. The van der Waals surface area contributed by atoms with Gasteiger partial charge in [0.05, 0.1) is 17.6 Å². The molecule has 1 N–H and O–H groups in total. The van der Waals surface area contributed by atoms with Gasteiger partial charge in [-0.3, -0.25) is 14.9 Å².